The molecule has 0 fully saturated rings. The molecule has 6 rings (SSSR count). The Labute approximate surface area is 241 Å². The fourth-order valence-corrected chi connectivity index (χ4v) is 15.0. The number of fused-ring (bicyclic) bond motifs is 3. The largest absolute Gasteiger partial charge is 1.00 e. The Bertz CT molecular complexity index is 1490. The number of hydrogen-bond acceptors (Lipinski definition) is 0. The molecule has 2 aliphatic rings. The molecule has 0 radical (unpaired) electrons. The van der Waals surface area contributed by atoms with Crippen molar-refractivity contribution >= 4 is 6.48 Å². The van der Waals surface area contributed by atoms with E-state index in [0.717, 1.165) is 6.42 Å². The van der Waals surface area contributed by atoms with Crippen LogP contribution in [0.4, 0.5) is 0 Å². The molecular formula is C34H30Cl2Zr. The molecular weight excluding hydrogens is 571 g/mol. The van der Waals surface area contributed by atoms with Gasteiger partial charge in [0.2, 0.25) is 0 Å². The molecule has 2 aliphatic carbocycles. The van der Waals surface area contributed by atoms with Crippen molar-refractivity contribution in [1.29, 1.82) is 0 Å². The van der Waals surface area contributed by atoms with Gasteiger partial charge in [-0.05, 0) is 0 Å². The number of rotatable bonds is 4. The van der Waals surface area contributed by atoms with Crippen LogP contribution in [0.3, 0.4) is 0 Å². The van der Waals surface area contributed by atoms with Crippen LogP contribution in [0.2, 0.25) is 0 Å². The van der Waals surface area contributed by atoms with Gasteiger partial charge in [0.05, 0.1) is 0 Å². The summed E-state index contributed by atoms with van der Waals surface area (Å²) in [7, 11) is 0. The Morgan fingerprint density at radius 3 is 1.84 bits per heavy atom. The number of hydrogen-bond donors (Lipinski definition) is 0. The van der Waals surface area contributed by atoms with E-state index in [9.17, 15) is 0 Å². The molecule has 0 nitrogen and oxygen atoms in total. The van der Waals surface area contributed by atoms with Crippen molar-refractivity contribution in [2.24, 2.45) is 5.92 Å². The summed E-state index contributed by atoms with van der Waals surface area (Å²) in [5.74, 6) is 0.492. The van der Waals surface area contributed by atoms with Gasteiger partial charge < -0.3 is 24.8 Å². The van der Waals surface area contributed by atoms with Crippen LogP contribution in [-0.4, -0.2) is 3.21 Å². The van der Waals surface area contributed by atoms with Crippen LogP contribution < -0.4 is 28.1 Å². The summed E-state index contributed by atoms with van der Waals surface area (Å²) in [4.78, 5) is 0. The molecule has 4 aromatic rings. The van der Waals surface area contributed by atoms with Crippen molar-refractivity contribution in [2.75, 3.05) is 0 Å². The zero-order valence-electron chi connectivity index (χ0n) is 21.4. The van der Waals surface area contributed by atoms with Crippen LogP contribution in [0, 0.1) is 5.92 Å². The van der Waals surface area contributed by atoms with E-state index in [-0.39, 0.29) is 24.8 Å². The van der Waals surface area contributed by atoms with Crippen molar-refractivity contribution in [3.05, 3.63) is 146 Å². The molecule has 0 aromatic heterocycles. The van der Waals surface area contributed by atoms with E-state index < -0.39 is 21.3 Å². The van der Waals surface area contributed by atoms with Crippen LogP contribution in [-0.2, 0) is 27.7 Å². The first-order valence-corrected chi connectivity index (χ1v) is 16.3. The third kappa shape index (κ3) is 4.95. The minimum absolute atomic E-state index is 0. The number of halogens is 2. The fraction of sp³-hybridized carbons (Fsp3) is 0.147. The average molecular weight is 601 g/mol. The summed E-state index contributed by atoms with van der Waals surface area (Å²) in [5.41, 5.74) is 11.7. The second kappa shape index (κ2) is 11.6. The Hall–Kier alpha value is -2.31. The van der Waals surface area contributed by atoms with Gasteiger partial charge in [-0.3, -0.25) is 0 Å². The molecule has 0 aliphatic heterocycles. The molecule has 0 bridgehead atoms. The first-order valence-electron chi connectivity index (χ1n) is 12.6. The van der Waals surface area contributed by atoms with Crippen molar-refractivity contribution < 1.29 is 46.1 Å². The molecule has 184 valence electrons. The standard InChI is InChI=1S/C13H9.C13H10.C8H11.2ClH.Zr/c1-3-7-12-10(5-1)9-11-6-2-4-8-13(11)12;1-3-7-12(8-4-1)11-13-9-5-2-6-10-13;1-6-4-7(2)8(3)5-6;;;/h1-5,7-8H,9H2;1-10H;4,6H,1-3H3;2*1H;/q;;;;;+2/p-2. The molecule has 0 saturated heterocycles. The predicted molar refractivity (Wildman–Crippen MR) is 146 cm³/mol. The van der Waals surface area contributed by atoms with E-state index in [0.29, 0.717) is 5.92 Å². The molecule has 0 saturated carbocycles. The van der Waals surface area contributed by atoms with Crippen molar-refractivity contribution in [1.82, 2.24) is 0 Å². The quantitative estimate of drug-likeness (QED) is 0.295. The third-order valence-electron chi connectivity index (χ3n) is 7.72. The van der Waals surface area contributed by atoms with E-state index in [1.165, 1.54) is 39.0 Å². The maximum absolute atomic E-state index is 2.63. The van der Waals surface area contributed by atoms with Crippen molar-refractivity contribution in [3.63, 3.8) is 0 Å². The minimum atomic E-state index is -2.63. The summed E-state index contributed by atoms with van der Waals surface area (Å²) >= 11 is -2.63. The second-order valence-electron chi connectivity index (χ2n) is 9.82. The smallest absolute Gasteiger partial charge is 1.00 e. The normalized spacial score (nSPS) is 15.0. The molecule has 1 atom stereocenters. The Balaban J connectivity index is 0.00000160. The van der Waals surface area contributed by atoms with E-state index in [1.54, 1.807) is 15.3 Å². The molecule has 0 amide bonds. The van der Waals surface area contributed by atoms with Crippen LogP contribution in [0.25, 0.3) is 11.1 Å². The second-order valence-corrected chi connectivity index (χ2v) is 15.5. The van der Waals surface area contributed by atoms with Crippen molar-refractivity contribution in [2.45, 2.75) is 27.2 Å². The van der Waals surface area contributed by atoms with Gasteiger partial charge in [0.25, 0.3) is 0 Å². The van der Waals surface area contributed by atoms with E-state index in [2.05, 4.69) is 130 Å². The Morgan fingerprint density at radius 2 is 1.24 bits per heavy atom. The zero-order chi connectivity index (χ0) is 23.9. The van der Waals surface area contributed by atoms with E-state index >= 15 is 0 Å². The predicted octanol–water partition coefficient (Wildman–Crippen LogP) is 1.65. The summed E-state index contributed by atoms with van der Waals surface area (Å²) < 4.78 is 4.98. The molecule has 3 heteroatoms. The number of benzene rings is 4. The SMILES string of the molecule is CC1=CC(C)[C]([Zr+2](=[C](c2ccccc2)c2ccccc2)[c]2cccc3c2Cc2ccccc2-3)=C1C.[Cl-].[Cl-]. The first-order chi connectivity index (χ1) is 17.1. The summed E-state index contributed by atoms with van der Waals surface area (Å²) in [5, 5.41) is 0. The topological polar surface area (TPSA) is 0 Å². The van der Waals surface area contributed by atoms with Crippen LogP contribution in [0.5, 0.6) is 0 Å². The fourth-order valence-electron chi connectivity index (χ4n) is 6.02. The van der Waals surface area contributed by atoms with Gasteiger partial charge >= 0.3 is 218 Å². The van der Waals surface area contributed by atoms with Crippen LogP contribution in [0.1, 0.15) is 43.0 Å². The van der Waals surface area contributed by atoms with Gasteiger partial charge in [-0.25, -0.2) is 0 Å². The van der Waals surface area contributed by atoms with Crippen LogP contribution >= 0.6 is 0 Å². The molecule has 37 heavy (non-hydrogen) atoms. The van der Waals surface area contributed by atoms with Gasteiger partial charge in [0, 0.05) is 0 Å². The monoisotopic (exact) mass is 598 g/mol. The Morgan fingerprint density at radius 1 is 0.676 bits per heavy atom. The van der Waals surface area contributed by atoms with E-state index in [4.69, 9.17) is 0 Å². The summed E-state index contributed by atoms with van der Waals surface area (Å²) in [6.45, 7) is 7.09. The molecule has 1 unspecified atom stereocenters. The maximum atomic E-state index is 2.50. The molecule has 4 aromatic carbocycles. The van der Waals surface area contributed by atoms with Gasteiger partial charge in [0.1, 0.15) is 0 Å². The van der Waals surface area contributed by atoms with Gasteiger partial charge in [-0.1, -0.05) is 0 Å². The van der Waals surface area contributed by atoms with Crippen molar-refractivity contribution in [3.8, 4) is 11.1 Å². The summed E-state index contributed by atoms with van der Waals surface area (Å²) in [6.07, 6.45) is 3.55. The zero-order valence-corrected chi connectivity index (χ0v) is 25.4. The average Bonchev–Trinajstić information content (AvgIpc) is 3.40. The maximum Gasteiger partial charge on any atom is -1.00 e. The molecule has 0 spiro atoms. The third-order valence-corrected chi connectivity index (χ3v) is 16.2. The minimum Gasteiger partial charge on any atom is -1.00 e. The van der Waals surface area contributed by atoms with Gasteiger partial charge in [0.15, 0.2) is 0 Å². The number of allylic oxidation sites excluding steroid dienone is 4. The van der Waals surface area contributed by atoms with Gasteiger partial charge in [-0.15, -0.1) is 0 Å². The van der Waals surface area contributed by atoms with Crippen LogP contribution in [0.15, 0.2) is 124 Å². The summed E-state index contributed by atoms with van der Waals surface area (Å²) in [6, 6.07) is 38.5. The molecule has 0 N–H and O–H groups in total. The van der Waals surface area contributed by atoms with E-state index in [1.807, 2.05) is 0 Å². The molecule has 0 heterocycles. The Kier molecular flexibility index (Phi) is 8.70. The van der Waals surface area contributed by atoms with Gasteiger partial charge in [-0.2, -0.15) is 0 Å². The first kappa shape index (κ1) is 27.7.